The summed E-state index contributed by atoms with van der Waals surface area (Å²) in [6.07, 6.45) is 0. The third kappa shape index (κ3) is 4.60. The summed E-state index contributed by atoms with van der Waals surface area (Å²) in [5.74, 6) is -0.486. The molecular formula is C18H24N2O4S3. The van der Waals surface area contributed by atoms with Crippen LogP contribution >= 0.6 is 11.3 Å². The van der Waals surface area contributed by atoms with Crippen molar-refractivity contribution in [2.45, 2.75) is 21.5 Å². The Balaban J connectivity index is 1.81. The zero-order valence-electron chi connectivity index (χ0n) is 15.3. The first-order valence-corrected chi connectivity index (χ1v) is 12.9. The quantitative estimate of drug-likeness (QED) is 0.721. The average Bonchev–Trinajstić information content (AvgIpc) is 3.24. The summed E-state index contributed by atoms with van der Waals surface area (Å²) < 4.78 is 50.5. The highest BCUT2D eigenvalue weighted by molar-refractivity contribution is 7.97. The van der Waals surface area contributed by atoms with Crippen LogP contribution in [0.5, 0.6) is 0 Å². The van der Waals surface area contributed by atoms with Gasteiger partial charge in [0.05, 0.1) is 16.8 Å². The summed E-state index contributed by atoms with van der Waals surface area (Å²) in [6.45, 7) is 0.466. The van der Waals surface area contributed by atoms with E-state index in [9.17, 15) is 16.8 Å². The lowest BCUT2D eigenvalue weighted by atomic mass is 10.1. The van der Waals surface area contributed by atoms with Gasteiger partial charge < -0.3 is 10.2 Å². The second-order valence-electron chi connectivity index (χ2n) is 7.00. The van der Waals surface area contributed by atoms with Crippen molar-refractivity contribution in [2.75, 3.05) is 32.1 Å². The van der Waals surface area contributed by atoms with Gasteiger partial charge in [0, 0.05) is 18.6 Å². The first-order chi connectivity index (χ1) is 12.7. The maximum Gasteiger partial charge on any atom is 0.193 e. The van der Waals surface area contributed by atoms with Crippen LogP contribution < -0.4 is 5.32 Å². The summed E-state index contributed by atoms with van der Waals surface area (Å²) in [5.41, 5.74) is 1.09. The predicted molar refractivity (Wildman–Crippen MR) is 109 cm³/mol. The molecule has 1 unspecified atom stereocenters. The molecule has 9 heteroatoms. The molecule has 1 N–H and O–H groups in total. The highest BCUT2D eigenvalue weighted by atomic mass is 32.2. The van der Waals surface area contributed by atoms with Crippen LogP contribution in [0.2, 0.25) is 0 Å². The van der Waals surface area contributed by atoms with Crippen molar-refractivity contribution in [3.05, 3.63) is 53.4 Å². The highest BCUT2D eigenvalue weighted by Gasteiger charge is 2.46. The average molecular weight is 429 g/mol. The summed E-state index contributed by atoms with van der Waals surface area (Å²) in [4.78, 5) is 2.04. The van der Waals surface area contributed by atoms with Crippen molar-refractivity contribution in [1.29, 1.82) is 0 Å². The molecule has 1 aliphatic rings. The fraction of sp³-hybridized carbons (Fsp3) is 0.444. The van der Waals surface area contributed by atoms with Gasteiger partial charge in [0.15, 0.2) is 19.7 Å². The topological polar surface area (TPSA) is 83.6 Å². The molecule has 0 radical (unpaired) electrons. The van der Waals surface area contributed by atoms with E-state index in [0.29, 0.717) is 6.54 Å². The molecule has 1 fully saturated rings. The van der Waals surface area contributed by atoms with Crippen LogP contribution in [0.15, 0.2) is 52.1 Å². The monoisotopic (exact) mass is 428 g/mol. The third-order valence-electron chi connectivity index (χ3n) is 4.86. The number of likely N-dealkylation sites (N-methyl/N-ethyl adjacent to an activating group) is 1. The maximum absolute atomic E-state index is 12.9. The Morgan fingerprint density at radius 3 is 2.44 bits per heavy atom. The number of thiophene rings is 1. The van der Waals surface area contributed by atoms with Crippen LogP contribution in [-0.2, 0) is 19.7 Å². The number of benzene rings is 1. The fourth-order valence-corrected chi connectivity index (χ4v) is 9.36. The smallest absolute Gasteiger partial charge is 0.193 e. The third-order valence-corrected chi connectivity index (χ3v) is 10.4. The van der Waals surface area contributed by atoms with Crippen molar-refractivity contribution >= 4 is 31.0 Å². The summed E-state index contributed by atoms with van der Waals surface area (Å²) in [6, 6.07) is 12.5. The lowest BCUT2D eigenvalue weighted by Gasteiger charge is -2.28. The second-order valence-corrected chi connectivity index (χ2v) is 12.5. The number of rotatable bonds is 7. The molecule has 1 saturated heterocycles. The molecule has 2 heterocycles. The summed E-state index contributed by atoms with van der Waals surface area (Å²) in [7, 11) is -3.19. The summed E-state index contributed by atoms with van der Waals surface area (Å²) in [5, 5.41) is 3.97. The van der Waals surface area contributed by atoms with E-state index >= 15 is 0 Å². The largest absolute Gasteiger partial charge is 0.310 e. The lowest BCUT2D eigenvalue weighted by Crippen LogP contribution is -2.46. The molecule has 2 aromatic rings. The molecule has 6 nitrogen and oxygen atoms in total. The minimum Gasteiger partial charge on any atom is -0.310 e. The highest BCUT2D eigenvalue weighted by Crippen LogP contribution is 2.29. The Labute approximate surface area is 165 Å². The van der Waals surface area contributed by atoms with Gasteiger partial charge in [-0.15, -0.1) is 11.3 Å². The minimum absolute atomic E-state index is 0.0135. The predicted octanol–water partition coefficient (Wildman–Crippen LogP) is 1.58. The minimum atomic E-state index is -3.69. The Bertz CT molecular complexity index is 955. The van der Waals surface area contributed by atoms with Crippen molar-refractivity contribution in [3.63, 3.8) is 0 Å². The molecule has 0 saturated carbocycles. The molecule has 0 bridgehead atoms. The van der Waals surface area contributed by atoms with Gasteiger partial charge in [-0.3, -0.25) is 0 Å². The Morgan fingerprint density at radius 2 is 1.85 bits per heavy atom. The van der Waals surface area contributed by atoms with E-state index in [0.717, 1.165) is 16.9 Å². The van der Waals surface area contributed by atoms with Crippen molar-refractivity contribution in [1.82, 2.24) is 10.2 Å². The molecule has 148 valence electrons. The molecular weight excluding hydrogens is 404 g/mol. The molecule has 0 spiro atoms. The molecule has 1 aromatic carbocycles. The van der Waals surface area contributed by atoms with E-state index in [4.69, 9.17) is 0 Å². The first-order valence-electron chi connectivity index (χ1n) is 8.63. The number of hydrogen-bond donors (Lipinski definition) is 1. The first kappa shape index (κ1) is 20.5. The van der Waals surface area contributed by atoms with Crippen LogP contribution in [0.25, 0.3) is 0 Å². The van der Waals surface area contributed by atoms with Crippen molar-refractivity contribution in [2.24, 2.45) is 0 Å². The Morgan fingerprint density at radius 1 is 1.15 bits per heavy atom. The summed E-state index contributed by atoms with van der Waals surface area (Å²) >= 11 is 1.13. The zero-order valence-corrected chi connectivity index (χ0v) is 17.7. The normalized spacial score (nSPS) is 23.5. The molecule has 3 atom stereocenters. The SMILES string of the molecule is CN(C)C(CN[C@H]1CS(=O)(=O)C[C@@H]1S(=O)(=O)c1cccs1)c1ccccc1. The van der Waals surface area contributed by atoms with E-state index in [2.05, 4.69) is 5.32 Å². The van der Waals surface area contributed by atoms with Gasteiger partial charge in [0.2, 0.25) is 0 Å². The van der Waals surface area contributed by atoms with E-state index < -0.39 is 31.0 Å². The zero-order chi connectivity index (χ0) is 19.7. The molecule has 0 amide bonds. The van der Waals surface area contributed by atoms with Crippen LogP contribution in [0, 0.1) is 0 Å². The molecule has 3 rings (SSSR count). The molecule has 1 aromatic heterocycles. The molecule has 1 aliphatic heterocycles. The molecule has 0 aliphatic carbocycles. The second kappa shape index (κ2) is 8.00. The van der Waals surface area contributed by atoms with Crippen molar-refractivity contribution in [3.8, 4) is 0 Å². The van der Waals surface area contributed by atoms with Gasteiger partial charge >= 0.3 is 0 Å². The van der Waals surface area contributed by atoms with Crippen LogP contribution in [0.3, 0.4) is 0 Å². The Hall–Kier alpha value is -1.26. The standard InChI is InChI=1S/C18H24N2O4S3/c1-20(2)16(14-7-4-3-5-8-14)11-19-15-12-26(21,22)13-17(15)27(23,24)18-9-6-10-25-18/h3-10,15-17,19H,11-13H2,1-2H3/t15-,16?,17-/m0/s1. The maximum atomic E-state index is 12.9. The van der Waals surface area contributed by atoms with E-state index in [1.807, 2.05) is 49.3 Å². The van der Waals surface area contributed by atoms with Gasteiger partial charge in [0.25, 0.3) is 0 Å². The van der Waals surface area contributed by atoms with E-state index in [-0.39, 0.29) is 21.8 Å². The van der Waals surface area contributed by atoms with Crippen LogP contribution in [0.4, 0.5) is 0 Å². The van der Waals surface area contributed by atoms with Crippen molar-refractivity contribution < 1.29 is 16.8 Å². The molecule has 27 heavy (non-hydrogen) atoms. The lowest BCUT2D eigenvalue weighted by molar-refractivity contribution is 0.282. The number of hydrogen-bond acceptors (Lipinski definition) is 7. The number of sulfone groups is 2. The fourth-order valence-electron chi connectivity index (χ4n) is 3.42. The van der Waals surface area contributed by atoms with Crippen LogP contribution in [-0.4, -0.2) is 65.2 Å². The number of nitrogens with zero attached hydrogens (tertiary/aromatic N) is 1. The van der Waals surface area contributed by atoms with E-state index in [1.165, 1.54) is 6.07 Å². The van der Waals surface area contributed by atoms with Gasteiger partial charge in [-0.1, -0.05) is 36.4 Å². The van der Waals surface area contributed by atoms with Gasteiger partial charge in [0.1, 0.15) is 4.21 Å². The van der Waals surface area contributed by atoms with Gasteiger partial charge in [-0.25, -0.2) is 16.8 Å². The Kier molecular flexibility index (Phi) is 6.07. The van der Waals surface area contributed by atoms with Gasteiger partial charge in [-0.2, -0.15) is 0 Å². The van der Waals surface area contributed by atoms with Gasteiger partial charge in [-0.05, 0) is 31.1 Å². The van der Waals surface area contributed by atoms with Crippen LogP contribution in [0.1, 0.15) is 11.6 Å². The number of nitrogens with one attached hydrogen (secondary N) is 1. The van der Waals surface area contributed by atoms with E-state index in [1.54, 1.807) is 11.4 Å².